The smallest absolute Gasteiger partial charge is 0.263 e. The van der Waals surface area contributed by atoms with Crippen LogP contribution in [0.3, 0.4) is 0 Å². The van der Waals surface area contributed by atoms with Gasteiger partial charge in [-0.05, 0) is 44.2 Å². The van der Waals surface area contributed by atoms with Crippen molar-refractivity contribution in [1.82, 2.24) is 0 Å². The van der Waals surface area contributed by atoms with Crippen LogP contribution in [-0.4, -0.2) is 14.5 Å². The first-order valence-corrected chi connectivity index (χ1v) is 8.30. The van der Waals surface area contributed by atoms with Crippen LogP contribution < -0.4 is 0 Å². The Morgan fingerprint density at radius 3 is 2.50 bits per heavy atom. The molecule has 5 heteroatoms. The molecular weight excluding hydrogens is 274 g/mol. The molecule has 0 unspecified atom stereocenters. The fraction of sp³-hybridized carbons (Fsp3) is 0.533. The molecule has 1 aromatic carbocycles. The van der Waals surface area contributed by atoms with Gasteiger partial charge in [0.25, 0.3) is 10.1 Å². The molecule has 0 spiro atoms. The molecule has 0 aliphatic heterocycles. The predicted molar refractivity (Wildman–Crippen MR) is 73.2 cm³/mol. The number of fused-ring (bicyclic) bond motifs is 2. The normalized spacial score (nSPS) is 32.2. The molecule has 4 nitrogen and oxygen atoms in total. The highest BCUT2D eigenvalue weighted by Crippen LogP contribution is 2.50. The summed E-state index contributed by atoms with van der Waals surface area (Å²) in [5.41, 5.74) is 1.01. The zero-order valence-electron chi connectivity index (χ0n) is 11.3. The van der Waals surface area contributed by atoms with Crippen LogP contribution in [-0.2, 0) is 14.3 Å². The Balaban J connectivity index is 1.78. The first-order valence-electron chi connectivity index (χ1n) is 6.89. The van der Waals surface area contributed by atoms with E-state index in [0.717, 1.165) is 24.8 Å². The lowest BCUT2D eigenvalue weighted by molar-refractivity contribution is 0.126. The summed E-state index contributed by atoms with van der Waals surface area (Å²) < 4.78 is 29.9. The third kappa shape index (κ3) is 2.34. The third-order valence-corrected chi connectivity index (χ3v) is 5.83. The quantitative estimate of drug-likeness (QED) is 0.803. The molecule has 0 N–H and O–H groups in total. The molecule has 0 amide bonds. The van der Waals surface area contributed by atoms with Gasteiger partial charge in [0.1, 0.15) is 0 Å². The van der Waals surface area contributed by atoms with Crippen LogP contribution in [0.15, 0.2) is 29.2 Å². The van der Waals surface area contributed by atoms with Crippen LogP contribution >= 0.6 is 0 Å². The molecule has 2 fully saturated rings. The molecule has 0 radical (unpaired) electrons. The number of nitriles is 1. The van der Waals surface area contributed by atoms with Crippen molar-refractivity contribution >= 4 is 10.1 Å². The molecule has 2 aliphatic carbocycles. The molecule has 0 aromatic heterocycles. The Hall–Kier alpha value is -1.38. The zero-order chi connectivity index (χ0) is 14.3. The Morgan fingerprint density at radius 1 is 1.20 bits per heavy atom. The average molecular weight is 291 g/mol. The molecule has 2 saturated carbocycles. The van der Waals surface area contributed by atoms with E-state index in [1.54, 1.807) is 24.3 Å². The molecule has 1 aromatic rings. The minimum atomic E-state index is -3.72. The van der Waals surface area contributed by atoms with Crippen molar-refractivity contribution in [2.75, 3.05) is 0 Å². The van der Waals surface area contributed by atoms with Crippen LogP contribution in [0.25, 0.3) is 0 Å². The van der Waals surface area contributed by atoms with E-state index in [1.165, 1.54) is 0 Å². The van der Waals surface area contributed by atoms with E-state index >= 15 is 0 Å². The van der Waals surface area contributed by atoms with Gasteiger partial charge in [0, 0.05) is 5.92 Å². The highest BCUT2D eigenvalue weighted by molar-refractivity contribution is 7.86. The maximum Gasteiger partial charge on any atom is 0.297 e. The molecule has 20 heavy (non-hydrogen) atoms. The lowest BCUT2D eigenvalue weighted by Gasteiger charge is -2.24. The summed E-state index contributed by atoms with van der Waals surface area (Å²) >= 11 is 0. The van der Waals surface area contributed by atoms with Crippen molar-refractivity contribution < 1.29 is 12.6 Å². The summed E-state index contributed by atoms with van der Waals surface area (Å²) in [4.78, 5) is 0.194. The number of nitrogens with zero attached hydrogens (tertiary/aromatic N) is 1. The van der Waals surface area contributed by atoms with E-state index in [4.69, 9.17) is 9.44 Å². The van der Waals surface area contributed by atoms with E-state index in [-0.39, 0.29) is 22.8 Å². The zero-order valence-corrected chi connectivity index (χ0v) is 12.1. The topological polar surface area (TPSA) is 67.2 Å². The largest absolute Gasteiger partial charge is 0.297 e. The van der Waals surface area contributed by atoms with E-state index in [2.05, 4.69) is 6.07 Å². The minimum Gasteiger partial charge on any atom is -0.263 e. The molecule has 3 rings (SSSR count). The number of benzene rings is 1. The third-order valence-electron chi connectivity index (χ3n) is 4.48. The second kappa shape index (κ2) is 4.87. The van der Waals surface area contributed by atoms with E-state index in [9.17, 15) is 8.42 Å². The van der Waals surface area contributed by atoms with Crippen LogP contribution in [0.1, 0.15) is 24.8 Å². The van der Waals surface area contributed by atoms with Crippen LogP contribution in [0.2, 0.25) is 0 Å². The van der Waals surface area contributed by atoms with Crippen molar-refractivity contribution in [3.8, 4) is 6.07 Å². The summed E-state index contributed by atoms with van der Waals surface area (Å²) in [5, 5.41) is 9.10. The average Bonchev–Trinajstić information content (AvgIpc) is 2.97. The maximum absolute atomic E-state index is 12.3. The van der Waals surface area contributed by atoms with E-state index < -0.39 is 10.1 Å². The summed E-state index contributed by atoms with van der Waals surface area (Å²) in [5.74, 6) is 0.472. The van der Waals surface area contributed by atoms with Crippen LogP contribution in [0.5, 0.6) is 0 Å². The molecule has 106 valence electrons. The van der Waals surface area contributed by atoms with Crippen molar-refractivity contribution in [2.24, 2.45) is 17.8 Å². The van der Waals surface area contributed by atoms with Gasteiger partial charge in [-0.15, -0.1) is 0 Å². The molecule has 0 heterocycles. The van der Waals surface area contributed by atoms with E-state index in [0.29, 0.717) is 5.92 Å². The van der Waals surface area contributed by atoms with E-state index in [1.807, 2.05) is 6.92 Å². The minimum absolute atomic E-state index is 0.0491. The second-order valence-electron chi connectivity index (χ2n) is 5.87. The predicted octanol–water partition coefficient (Wildman–Crippen LogP) is 2.64. The molecule has 0 saturated heterocycles. The molecular formula is C15H17NO3S. The molecule has 2 aliphatic rings. The fourth-order valence-corrected chi connectivity index (χ4v) is 4.60. The first-order chi connectivity index (χ1) is 9.49. The first kappa shape index (κ1) is 13.6. The second-order valence-corrected chi connectivity index (χ2v) is 7.45. The van der Waals surface area contributed by atoms with Gasteiger partial charge in [0.15, 0.2) is 0 Å². The lowest BCUT2D eigenvalue weighted by Crippen LogP contribution is -2.29. The van der Waals surface area contributed by atoms with Gasteiger partial charge in [0.05, 0.1) is 23.0 Å². The Morgan fingerprint density at radius 2 is 1.90 bits per heavy atom. The van der Waals surface area contributed by atoms with Gasteiger partial charge in [-0.3, -0.25) is 4.18 Å². The summed E-state index contributed by atoms with van der Waals surface area (Å²) in [6.45, 7) is 1.91. The summed E-state index contributed by atoms with van der Waals surface area (Å²) in [7, 11) is -3.72. The van der Waals surface area contributed by atoms with Crippen LogP contribution in [0, 0.1) is 36.0 Å². The molecule has 2 bridgehead atoms. The lowest BCUT2D eigenvalue weighted by atomic mass is 9.88. The number of rotatable bonds is 3. The Labute approximate surface area is 119 Å². The van der Waals surface area contributed by atoms with Crippen LogP contribution in [0.4, 0.5) is 0 Å². The fourth-order valence-electron chi connectivity index (χ4n) is 3.47. The van der Waals surface area contributed by atoms with Gasteiger partial charge < -0.3 is 0 Å². The highest BCUT2D eigenvalue weighted by atomic mass is 32.2. The van der Waals surface area contributed by atoms with Gasteiger partial charge >= 0.3 is 0 Å². The van der Waals surface area contributed by atoms with Crippen molar-refractivity contribution in [3.63, 3.8) is 0 Å². The maximum atomic E-state index is 12.3. The number of hydrogen-bond acceptors (Lipinski definition) is 4. The summed E-state index contributed by atoms with van der Waals surface area (Å²) in [6.07, 6.45) is 2.25. The number of hydrogen-bond donors (Lipinski definition) is 0. The summed E-state index contributed by atoms with van der Waals surface area (Å²) in [6, 6.07) is 8.94. The number of aryl methyl sites for hydroxylation is 1. The molecule has 4 atom stereocenters. The van der Waals surface area contributed by atoms with Gasteiger partial charge in [0.2, 0.25) is 0 Å². The Kier molecular flexibility index (Phi) is 3.31. The monoisotopic (exact) mass is 291 g/mol. The van der Waals surface area contributed by atoms with Crippen molar-refractivity contribution in [2.45, 2.75) is 37.2 Å². The Bertz CT molecular complexity index is 645. The highest BCUT2D eigenvalue weighted by Gasteiger charge is 2.48. The van der Waals surface area contributed by atoms with Gasteiger partial charge in [-0.1, -0.05) is 17.7 Å². The standard InChI is InChI=1S/C15H17NO3S/c1-10-2-4-13(5-3-10)20(17,18)19-15-8-11-6-12(9-16)14(15)7-11/h2-5,11-12,14-15H,6-8H2,1H3/t11-,12+,14-,15+/m0/s1. The SMILES string of the molecule is Cc1ccc(S(=O)(=O)O[C@@H]2C[C@@H]3C[C@H]2[C@@H](C#N)C3)cc1. The van der Waals surface area contributed by atoms with Gasteiger partial charge in [-0.2, -0.15) is 13.7 Å². The van der Waals surface area contributed by atoms with Crippen molar-refractivity contribution in [1.29, 1.82) is 5.26 Å². The van der Waals surface area contributed by atoms with Crippen molar-refractivity contribution in [3.05, 3.63) is 29.8 Å². The van der Waals surface area contributed by atoms with Gasteiger partial charge in [-0.25, -0.2) is 0 Å².